The van der Waals surface area contributed by atoms with E-state index in [0.717, 1.165) is 18.0 Å². The molecule has 0 bridgehead atoms. The summed E-state index contributed by atoms with van der Waals surface area (Å²) in [4.78, 5) is 11.4. The molecular formula is C12H18BrN3O. The van der Waals surface area contributed by atoms with Crippen molar-refractivity contribution in [2.24, 2.45) is 11.8 Å². The molecule has 0 saturated heterocycles. The van der Waals surface area contributed by atoms with Gasteiger partial charge in [-0.1, -0.05) is 26.7 Å². The third-order valence-corrected chi connectivity index (χ3v) is 4.63. The zero-order chi connectivity index (χ0) is 12.4. The number of aromatic amines is 1. The summed E-state index contributed by atoms with van der Waals surface area (Å²) in [6, 6.07) is 0.429. The average molecular weight is 300 g/mol. The molecule has 3 atom stereocenters. The standard InChI is InChI=1S/C12H18BrN3O/c1-7-4-3-5-9(8(7)2)15-10-6-14-16-12(17)11(10)13/h6-9H,3-5H2,1-2H3,(H2,15,16,17). The molecule has 1 fully saturated rings. The van der Waals surface area contributed by atoms with Gasteiger partial charge in [-0.05, 0) is 34.2 Å². The van der Waals surface area contributed by atoms with E-state index in [4.69, 9.17) is 0 Å². The monoisotopic (exact) mass is 299 g/mol. The van der Waals surface area contributed by atoms with Gasteiger partial charge in [0.15, 0.2) is 0 Å². The second-order valence-corrected chi connectivity index (χ2v) is 5.74. The normalized spacial score (nSPS) is 29.0. The van der Waals surface area contributed by atoms with Gasteiger partial charge in [0.2, 0.25) is 0 Å². The van der Waals surface area contributed by atoms with Crippen LogP contribution in [-0.4, -0.2) is 16.2 Å². The molecule has 4 nitrogen and oxygen atoms in total. The Kier molecular flexibility index (Phi) is 3.86. The maximum atomic E-state index is 11.4. The molecular weight excluding hydrogens is 282 g/mol. The Balaban J connectivity index is 2.15. The molecule has 0 aliphatic heterocycles. The van der Waals surface area contributed by atoms with Gasteiger partial charge < -0.3 is 5.32 Å². The minimum atomic E-state index is -0.188. The zero-order valence-corrected chi connectivity index (χ0v) is 11.8. The number of nitrogens with one attached hydrogen (secondary N) is 2. The Hall–Kier alpha value is -0.840. The fourth-order valence-corrected chi connectivity index (χ4v) is 2.78. The van der Waals surface area contributed by atoms with Gasteiger partial charge >= 0.3 is 0 Å². The highest BCUT2D eigenvalue weighted by Gasteiger charge is 2.27. The van der Waals surface area contributed by atoms with Crippen LogP contribution in [0.4, 0.5) is 5.69 Å². The summed E-state index contributed by atoms with van der Waals surface area (Å²) in [6.07, 6.45) is 5.37. The van der Waals surface area contributed by atoms with Crippen molar-refractivity contribution in [3.63, 3.8) is 0 Å². The Morgan fingerprint density at radius 2 is 2.24 bits per heavy atom. The average Bonchev–Trinajstić information content (AvgIpc) is 2.31. The van der Waals surface area contributed by atoms with E-state index in [1.54, 1.807) is 6.20 Å². The van der Waals surface area contributed by atoms with Gasteiger partial charge in [-0.25, -0.2) is 5.10 Å². The molecule has 2 N–H and O–H groups in total. The van der Waals surface area contributed by atoms with Gasteiger partial charge in [-0.3, -0.25) is 4.79 Å². The first-order valence-electron chi connectivity index (χ1n) is 6.09. The largest absolute Gasteiger partial charge is 0.380 e. The first-order valence-corrected chi connectivity index (χ1v) is 6.88. The van der Waals surface area contributed by atoms with Crippen molar-refractivity contribution in [1.29, 1.82) is 0 Å². The second-order valence-electron chi connectivity index (χ2n) is 4.94. The summed E-state index contributed by atoms with van der Waals surface area (Å²) in [5.41, 5.74) is 0.603. The number of rotatable bonds is 2. The van der Waals surface area contributed by atoms with Crippen molar-refractivity contribution >= 4 is 21.6 Å². The molecule has 0 amide bonds. The van der Waals surface area contributed by atoms with Gasteiger partial charge in [0, 0.05) is 6.04 Å². The lowest BCUT2D eigenvalue weighted by Crippen LogP contribution is -2.35. The fourth-order valence-electron chi connectivity index (χ4n) is 2.47. The molecule has 1 saturated carbocycles. The van der Waals surface area contributed by atoms with E-state index in [1.165, 1.54) is 12.8 Å². The highest BCUT2D eigenvalue weighted by molar-refractivity contribution is 9.10. The molecule has 1 aliphatic rings. The van der Waals surface area contributed by atoms with E-state index >= 15 is 0 Å². The maximum absolute atomic E-state index is 11.4. The first kappa shape index (κ1) is 12.6. The third-order valence-electron chi connectivity index (χ3n) is 3.84. The van der Waals surface area contributed by atoms with Crippen LogP contribution in [0, 0.1) is 11.8 Å². The van der Waals surface area contributed by atoms with Crippen molar-refractivity contribution in [2.45, 2.75) is 39.2 Å². The van der Waals surface area contributed by atoms with Crippen LogP contribution < -0.4 is 10.9 Å². The first-order chi connectivity index (χ1) is 8.09. The minimum Gasteiger partial charge on any atom is -0.380 e. The lowest BCUT2D eigenvalue weighted by molar-refractivity contribution is 0.253. The van der Waals surface area contributed by atoms with Crippen LogP contribution in [0.5, 0.6) is 0 Å². The summed E-state index contributed by atoms with van der Waals surface area (Å²) in [6.45, 7) is 4.57. The summed E-state index contributed by atoms with van der Waals surface area (Å²) in [5, 5.41) is 9.67. The van der Waals surface area contributed by atoms with E-state index in [9.17, 15) is 4.79 Å². The molecule has 0 aromatic carbocycles. The summed E-state index contributed by atoms with van der Waals surface area (Å²) < 4.78 is 0.540. The van der Waals surface area contributed by atoms with E-state index in [0.29, 0.717) is 16.4 Å². The van der Waals surface area contributed by atoms with Gasteiger partial charge in [-0.15, -0.1) is 0 Å². The lowest BCUT2D eigenvalue weighted by atomic mass is 9.78. The van der Waals surface area contributed by atoms with Gasteiger partial charge in [0.1, 0.15) is 4.47 Å². The number of hydrogen-bond donors (Lipinski definition) is 2. The SMILES string of the molecule is CC1CCCC(Nc2cn[nH]c(=O)c2Br)C1C. The van der Waals surface area contributed by atoms with Crippen LogP contribution in [0.2, 0.25) is 0 Å². The topological polar surface area (TPSA) is 57.8 Å². The van der Waals surface area contributed by atoms with Crippen molar-refractivity contribution in [2.75, 3.05) is 5.32 Å². The molecule has 17 heavy (non-hydrogen) atoms. The lowest BCUT2D eigenvalue weighted by Gasteiger charge is -2.35. The highest BCUT2D eigenvalue weighted by Crippen LogP contribution is 2.32. The van der Waals surface area contributed by atoms with E-state index in [1.807, 2.05) is 0 Å². The fraction of sp³-hybridized carbons (Fsp3) is 0.667. The number of anilines is 1. The van der Waals surface area contributed by atoms with Crippen molar-refractivity contribution in [3.05, 3.63) is 21.0 Å². The van der Waals surface area contributed by atoms with E-state index in [-0.39, 0.29) is 5.56 Å². The van der Waals surface area contributed by atoms with E-state index < -0.39 is 0 Å². The van der Waals surface area contributed by atoms with E-state index in [2.05, 4.69) is 45.3 Å². The molecule has 1 aromatic heterocycles. The van der Waals surface area contributed by atoms with Gasteiger partial charge in [0.25, 0.3) is 5.56 Å². The Labute approximate surface area is 109 Å². The van der Waals surface area contributed by atoms with Crippen LogP contribution in [0.1, 0.15) is 33.1 Å². The summed E-state index contributed by atoms with van der Waals surface area (Å²) in [7, 11) is 0. The maximum Gasteiger partial charge on any atom is 0.280 e. The predicted molar refractivity (Wildman–Crippen MR) is 72.1 cm³/mol. The second kappa shape index (κ2) is 5.21. The summed E-state index contributed by atoms with van der Waals surface area (Å²) in [5.74, 6) is 1.35. The van der Waals surface area contributed by atoms with Crippen molar-refractivity contribution < 1.29 is 0 Å². The van der Waals surface area contributed by atoms with Crippen LogP contribution in [-0.2, 0) is 0 Å². The Morgan fingerprint density at radius 1 is 1.47 bits per heavy atom. The van der Waals surface area contributed by atoms with Crippen LogP contribution in [0.25, 0.3) is 0 Å². The number of H-pyrrole nitrogens is 1. The molecule has 0 spiro atoms. The number of hydrogen-bond acceptors (Lipinski definition) is 3. The van der Waals surface area contributed by atoms with Crippen LogP contribution in [0.15, 0.2) is 15.5 Å². The predicted octanol–water partition coefficient (Wildman–Crippen LogP) is 2.77. The Morgan fingerprint density at radius 3 is 3.00 bits per heavy atom. The molecule has 5 heteroatoms. The number of aromatic nitrogens is 2. The quantitative estimate of drug-likeness (QED) is 0.883. The molecule has 1 aliphatic carbocycles. The molecule has 94 valence electrons. The Bertz CT molecular complexity index is 446. The minimum absolute atomic E-state index is 0.188. The highest BCUT2D eigenvalue weighted by atomic mass is 79.9. The zero-order valence-electron chi connectivity index (χ0n) is 10.2. The molecule has 0 radical (unpaired) electrons. The number of halogens is 1. The molecule has 3 unspecified atom stereocenters. The smallest absolute Gasteiger partial charge is 0.280 e. The third kappa shape index (κ3) is 2.70. The summed E-state index contributed by atoms with van der Waals surface area (Å²) >= 11 is 3.30. The van der Waals surface area contributed by atoms with Crippen LogP contribution in [0.3, 0.4) is 0 Å². The van der Waals surface area contributed by atoms with Crippen molar-refractivity contribution in [1.82, 2.24) is 10.2 Å². The molecule has 1 aromatic rings. The molecule has 1 heterocycles. The van der Waals surface area contributed by atoms with Gasteiger partial charge in [0.05, 0.1) is 11.9 Å². The van der Waals surface area contributed by atoms with Crippen LogP contribution >= 0.6 is 15.9 Å². The van der Waals surface area contributed by atoms with Gasteiger partial charge in [-0.2, -0.15) is 5.10 Å². The number of nitrogens with zero attached hydrogens (tertiary/aromatic N) is 1. The molecule has 2 rings (SSSR count). The van der Waals surface area contributed by atoms with Crippen molar-refractivity contribution in [3.8, 4) is 0 Å².